The van der Waals surface area contributed by atoms with E-state index in [9.17, 15) is 4.79 Å². The second-order valence-electron chi connectivity index (χ2n) is 8.13. The van der Waals surface area contributed by atoms with Gasteiger partial charge < -0.3 is 9.80 Å². The molecule has 2 aromatic rings. The van der Waals surface area contributed by atoms with Gasteiger partial charge in [-0.3, -0.25) is 14.5 Å². The van der Waals surface area contributed by atoms with Crippen LogP contribution < -0.4 is 0 Å². The fraction of sp³-hybridized carbons (Fsp3) is 0.591. The molecule has 1 aliphatic carbocycles. The fourth-order valence-corrected chi connectivity index (χ4v) is 4.57. The average molecular weight is 382 g/mol. The van der Waals surface area contributed by atoms with Crippen molar-refractivity contribution in [1.82, 2.24) is 24.6 Å². The van der Waals surface area contributed by atoms with Crippen LogP contribution >= 0.6 is 0 Å². The zero-order valence-corrected chi connectivity index (χ0v) is 17.1. The van der Waals surface area contributed by atoms with Gasteiger partial charge in [0.2, 0.25) is 0 Å². The highest BCUT2D eigenvalue weighted by Gasteiger charge is 2.33. The first-order valence-electron chi connectivity index (χ1n) is 10.6. The van der Waals surface area contributed by atoms with E-state index in [0.29, 0.717) is 6.54 Å². The van der Waals surface area contributed by atoms with Crippen LogP contribution in [-0.2, 0) is 25.9 Å². The Morgan fingerprint density at radius 3 is 2.75 bits per heavy atom. The van der Waals surface area contributed by atoms with E-state index in [1.165, 1.54) is 12.0 Å². The lowest BCUT2D eigenvalue weighted by molar-refractivity contribution is 0.0556. The first kappa shape index (κ1) is 19.1. The minimum Gasteiger partial charge on any atom is -0.330 e. The molecule has 150 valence electrons. The molecule has 0 aromatic carbocycles. The number of carbonyl (C=O) groups excluding carboxylic acids is 1. The summed E-state index contributed by atoms with van der Waals surface area (Å²) in [5.74, 6) is 0.149. The Labute approximate surface area is 167 Å². The number of rotatable bonds is 5. The largest absolute Gasteiger partial charge is 0.330 e. The van der Waals surface area contributed by atoms with Gasteiger partial charge >= 0.3 is 0 Å². The molecule has 6 nitrogen and oxygen atoms in total. The molecule has 3 heterocycles. The van der Waals surface area contributed by atoms with Crippen LogP contribution in [0.4, 0.5) is 0 Å². The number of aromatic nitrogens is 3. The smallest absolute Gasteiger partial charge is 0.272 e. The summed E-state index contributed by atoms with van der Waals surface area (Å²) in [6, 6.07) is 4.28. The van der Waals surface area contributed by atoms with Crippen molar-refractivity contribution in [1.29, 1.82) is 0 Å². The van der Waals surface area contributed by atoms with E-state index in [-0.39, 0.29) is 11.9 Å². The zero-order valence-electron chi connectivity index (χ0n) is 17.1. The molecule has 0 spiro atoms. The molecule has 1 aliphatic heterocycles. The van der Waals surface area contributed by atoms with Crippen LogP contribution in [0.3, 0.4) is 0 Å². The maximum Gasteiger partial charge on any atom is 0.272 e. The van der Waals surface area contributed by atoms with E-state index in [1.54, 1.807) is 6.20 Å². The number of piperidine rings is 1. The second kappa shape index (κ2) is 8.43. The molecule has 0 N–H and O–H groups in total. The number of amides is 1. The maximum absolute atomic E-state index is 13.9. The molecule has 1 amide bonds. The molecule has 2 aliphatic rings. The number of hydrogen-bond acceptors (Lipinski definition) is 4. The Bertz CT molecular complexity index is 808. The Balaban J connectivity index is 1.68. The number of nitrogens with zero attached hydrogens (tertiary/aromatic N) is 5. The lowest BCUT2D eigenvalue weighted by Crippen LogP contribution is -2.46. The lowest BCUT2D eigenvalue weighted by atomic mass is 9.94. The monoisotopic (exact) mass is 381 g/mol. The molecule has 0 atom stereocenters. The molecule has 6 heteroatoms. The number of fused-ring (bicyclic) bond motifs is 1. The first-order chi connectivity index (χ1) is 13.7. The summed E-state index contributed by atoms with van der Waals surface area (Å²) in [6.07, 6.45) is 10.0. The highest BCUT2D eigenvalue weighted by atomic mass is 16.2. The van der Waals surface area contributed by atoms with Crippen LogP contribution in [0.1, 0.15) is 59.9 Å². The number of hydrogen-bond donors (Lipinski definition) is 0. The maximum atomic E-state index is 13.9. The van der Waals surface area contributed by atoms with Gasteiger partial charge in [-0.2, -0.15) is 5.10 Å². The van der Waals surface area contributed by atoms with Gasteiger partial charge in [-0.15, -0.1) is 0 Å². The number of carbonyl (C=O) groups is 1. The molecular weight excluding hydrogens is 350 g/mol. The summed E-state index contributed by atoms with van der Waals surface area (Å²) in [5, 5.41) is 4.79. The summed E-state index contributed by atoms with van der Waals surface area (Å²) in [5.41, 5.74) is 4.26. The van der Waals surface area contributed by atoms with Gasteiger partial charge in [-0.25, -0.2) is 0 Å². The van der Waals surface area contributed by atoms with Crippen LogP contribution in [0, 0.1) is 0 Å². The van der Waals surface area contributed by atoms with Gasteiger partial charge in [0.1, 0.15) is 5.69 Å². The van der Waals surface area contributed by atoms with Gasteiger partial charge in [-0.05, 0) is 77.2 Å². The van der Waals surface area contributed by atoms with Crippen molar-refractivity contribution in [3.63, 3.8) is 0 Å². The molecule has 4 rings (SSSR count). The van der Waals surface area contributed by atoms with E-state index in [1.807, 2.05) is 16.9 Å². The van der Waals surface area contributed by atoms with E-state index in [0.717, 1.165) is 68.7 Å². The van der Waals surface area contributed by atoms with E-state index >= 15 is 0 Å². The predicted octanol–water partition coefficient (Wildman–Crippen LogP) is 2.91. The van der Waals surface area contributed by atoms with Gasteiger partial charge in [0.15, 0.2) is 0 Å². The Hall–Kier alpha value is -2.21. The number of pyridine rings is 1. The van der Waals surface area contributed by atoms with Crippen molar-refractivity contribution < 1.29 is 4.79 Å². The predicted molar refractivity (Wildman–Crippen MR) is 109 cm³/mol. The molecule has 0 unspecified atom stereocenters. The lowest BCUT2D eigenvalue weighted by Gasteiger charge is -2.37. The summed E-state index contributed by atoms with van der Waals surface area (Å²) < 4.78 is 1.95. The third kappa shape index (κ3) is 3.83. The van der Waals surface area contributed by atoms with Crippen LogP contribution in [0.25, 0.3) is 0 Å². The minimum absolute atomic E-state index is 0.149. The normalized spacial score (nSPS) is 18.1. The summed E-state index contributed by atoms with van der Waals surface area (Å²) in [6.45, 7) is 5.50. The zero-order chi connectivity index (χ0) is 19.5. The molecule has 0 bridgehead atoms. The third-order valence-corrected chi connectivity index (χ3v) is 6.19. The van der Waals surface area contributed by atoms with Crippen molar-refractivity contribution in [2.45, 2.75) is 64.6 Å². The minimum atomic E-state index is 0.149. The second-order valence-corrected chi connectivity index (χ2v) is 8.13. The topological polar surface area (TPSA) is 54.3 Å². The van der Waals surface area contributed by atoms with E-state index in [2.05, 4.69) is 34.8 Å². The van der Waals surface area contributed by atoms with Crippen LogP contribution in [0.2, 0.25) is 0 Å². The van der Waals surface area contributed by atoms with Crippen LogP contribution in [0.5, 0.6) is 0 Å². The number of likely N-dealkylation sites (tertiary alicyclic amines) is 1. The molecular formula is C22H31N5O. The van der Waals surface area contributed by atoms with Crippen molar-refractivity contribution in [3.8, 4) is 0 Å². The Morgan fingerprint density at radius 2 is 2.04 bits per heavy atom. The quantitative estimate of drug-likeness (QED) is 0.799. The fourth-order valence-electron chi connectivity index (χ4n) is 4.57. The molecule has 0 radical (unpaired) electrons. The van der Waals surface area contributed by atoms with E-state index in [4.69, 9.17) is 5.10 Å². The SMILES string of the molecule is CCn1nc2c(c1C(=O)N(Cc1cccnc1)C1CCN(C)CC1)CCCC2. The summed E-state index contributed by atoms with van der Waals surface area (Å²) in [4.78, 5) is 22.6. The molecule has 2 aromatic heterocycles. The van der Waals surface area contributed by atoms with E-state index < -0.39 is 0 Å². The standard InChI is InChI=1S/C22H31N5O/c1-3-27-21(19-8-4-5-9-20(19)24-27)22(28)26(16-17-7-6-12-23-15-17)18-10-13-25(2)14-11-18/h6-7,12,15,18H,3-5,8-11,13-14,16H2,1-2H3. The molecule has 28 heavy (non-hydrogen) atoms. The van der Waals surface area contributed by atoms with Gasteiger partial charge in [-0.1, -0.05) is 6.07 Å². The summed E-state index contributed by atoms with van der Waals surface area (Å²) >= 11 is 0. The van der Waals surface area contributed by atoms with Crippen molar-refractivity contribution in [2.75, 3.05) is 20.1 Å². The van der Waals surface area contributed by atoms with Gasteiger partial charge in [0.25, 0.3) is 5.91 Å². The molecule has 1 fully saturated rings. The van der Waals surface area contributed by atoms with Gasteiger partial charge in [0, 0.05) is 37.1 Å². The highest BCUT2D eigenvalue weighted by molar-refractivity contribution is 5.94. The van der Waals surface area contributed by atoms with Crippen LogP contribution in [-0.4, -0.2) is 56.7 Å². The van der Waals surface area contributed by atoms with Crippen molar-refractivity contribution in [2.24, 2.45) is 0 Å². The Kier molecular flexibility index (Phi) is 5.76. The Morgan fingerprint density at radius 1 is 1.25 bits per heavy atom. The van der Waals surface area contributed by atoms with Crippen molar-refractivity contribution >= 4 is 5.91 Å². The van der Waals surface area contributed by atoms with Crippen LogP contribution in [0.15, 0.2) is 24.5 Å². The molecule has 1 saturated heterocycles. The summed E-state index contributed by atoms with van der Waals surface area (Å²) in [7, 11) is 2.16. The van der Waals surface area contributed by atoms with Gasteiger partial charge in [0.05, 0.1) is 5.69 Å². The number of aryl methyl sites for hydroxylation is 2. The van der Waals surface area contributed by atoms with Crippen molar-refractivity contribution in [3.05, 3.63) is 47.0 Å². The first-order valence-corrected chi connectivity index (χ1v) is 10.6. The molecule has 0 saturated carbocycles. The highest BCUT2D eigenvalue weighted by Crippen LogP contribution is 2.28. The average Bonchev–Trinajstić information content (AvgIpc) is 3.12. The third-order valence-electron chi connectivity index (χ3n) is 6.19.